The van der Waals surface area contributed by atoms with Gasteiger partial charge >= 0.3 is 0 Å². The maximum atomic E-state index is 13.5. The number of nitrogens with one attached hydrogen (secondary N) is 1. The lowest BCUT2D eigenvalue weighted by molar-refractivity contribution is -0.119. The topological polar surface area (TPSA) is 101 Å². The summed E-state index contributed by atoms with van der Waals surface area (Å²) in [4.78, 5) is 12.9. The van der Waals surface area contributed by atoms with Gasteiger partial charge in [0.25, 0.3) is 15.9 Å². The molecule has 0 aliphatic heterocycles. The second kappa shape index (κ2) is 11.7. The highest BCUT2D eigenvalue weighted by Crippen LogP contribution is 2.33. The molecule has 0 spiro atoms. The molecule has 0 unspecified atom stereocenters. The van der Waals surface area contributed by atoms with Gasteiger partial charge in [-0.15, -0.1) is 0 Å². The molecule has 4 aromatic rings. The molecule has 196 valence electrons. The standard InChI is InChI=1S/C27H23Cl2N3O5S/c1-18-8-12-26(36-2)24(14-18)32(38(34,35)21-6-4-3-5-7-21)17-27(33)31-30-16-20-10-13-25(37-20)22-11-9-19(28)15-23(22)29/h3-16H,17H2,1-2H3,(H,31,33)/b30-16-. The van der Waals surface area contributed by atoms with Crippen LogP contribution in [0.4, 0.5) is 5.69 Å². The zero-order valence-corrected chi connectivity index (χ0v) is 22.7. The Morgan fingerprint density at radius 3 is 2.53 bits per heavy atom. The molecular formula is C27H23Cl2N3O5S. The number of anilines is 1. The number of hydrogen-bond acceptors (Lipinski definition) is 6. The highest BCUT2D eigenvalue weighted by Gasteiger charge is 2.29. The van der Waals surface area contributed by atoms with Crippen molar-refractivity contribution in [3.05, 3.63) is 100 Å². The Labute approximate surface area is 230 Å². The van der Waals surface area contributed by atoms with Gasteiger partial charge in [0.15, 0.2) is 0 Å². The van der Waals surface area contributed by atoms with E-state index in [2.05, 4.69) is 10.5 Å². The van der Waals surface area contributed by atoms with Crippen molar-refractivity contribution in [3.63, 3.8) is 0 Å². The lowest BCUT2D eigenvalue weighted by Crippen LogP contribution is -2.39. The number of ether oxygens (including phenoxy) is 1. The number of carbonyl (C=O) groups excluding carboxylic acids is 1. The second-order valence-corrected chi connectivity index (χ2v) is 10.8. The zero-order valence-electron chi connectivity index (χ0n) is 20.4. The summed E-state index contributed by atoms with van der Waals surface area (Å²) in [6.07, 6.45) is 1.30. The van der Waals surface area contributed by atoms with Gasteiger partial charge in [0, 0.05) is 10.6 Å². The van der Waals surface area contributed by atoms with Gasteiger partial charge in [-0.3, -0.25) is 9.10 Å². The summed E-state index contributed by atoms with van der Waals surface area (Å²) in [6.45, 7) is 1.27. The van der Waals surface area contributed by atoms with Gasteiger partial charge in [0.2, 0.25) is 0 Å². The fourth-order valence-electron chi connectivity index (χ4n) is 3.60. The summed E-state index contributed by atoms with van der Waals surface area (Å²) in [5.41, 5.74) is 4.02. The smallest absolute Gasteiger partial charge is 0.264 e. The van der Waals surface area contributed by atoms with Gasteiger partial charge in [-0.05, 0) is 67.1 Å². The first-order chi connectivity index (χ1) is 18.2. The summed E-state index contributed by atoms with van der Waals surface area (Å²) in [7, 11) is -2.68. The van der Waals surface area contributed by atoms with Gasteiger partial charge in [0.05, 0.1) is 28.9 Å². The van der Waals surface area contributed by atoms with Crippen LogP contribution in [0.15, 0.2) is 93.3 Å². The average molecular weight is 572 g/mol. The quantitative estimate of drug-likeness (QED) is 0.198. The van der Waals surface area contributed by atoms with Gasteiger partial charge in [-0.1, -0.05) is 47.5 Å². The van der Waals surface area contributed by atoms with Crippen LogP contribution >= 0.6 is 23.2 Å². The summed E-state index contributed by atoms with van der Waals surface area (Å²) < 4.78 is 39.2. The van der Waals surface area contributed by atoms with Gasteiger partial charge in [-0.25, -0.2) is 13.8 Å². The van der Waals surface area contributed by atoms with Gasteiger partial charge in [-0.2, -0.15) is 5.10 Å². The molecule has 1 amide bonds. The van der Waals surface area contributed by atoms with Crippen LogP contribution in [-0.4, -0.2) is 34.2 Å². The normalized spacial score (nSPS) is 11.5. The molecular weight excluding hydrogens is 549 g/mol. The minimum Gasteiger partial charge on any atom is -0.495 e. The van der Waals surface area contributed by atoms with E-state index in [0.29, 0.717) is 32.9 Å². The molecule has 0 aliphatic rings. The van der Waals surface area contributed by atoms with E-state index in [0.717, 1.165) is 9.87 Å². The van der Waals surface area contributed by atoms with E-state index in [-0.39, 0.29) is 10.6 Å². The minimum absolute atomic E-state index is 0.0313. The van der Waals surface area contributed by atoms with Crippen molar-refractivity contribution in [2.24, 2.45) is 5.10 Å². The van der Waals surface area contributed by atoms with Crippen LogP contribution < -0.4 is 14.5 Å². The number of furan rings is 1. The lowest BCUT2D eigenvalue weighted by atomic mass is 10.2. The van der Waals surface area contributed by atoms with E-state index in [4.69, 9.17) is 32.4 Å². The van der Waals surface area contributed by atoms with Crippen LogP contribution in [0.3, 0.4) is 0 Å². The Morgan fingerprint density at radius 1 is 1.05 bits per heavy atom. The molecule has 3 aromatic carbocycles. The summed E-state index contributed by atoms with van der Waals surface area (Å²) in [6, 6.07) is 21.3. The molecule has 1 N–H and O–H groups in total. The number of rotatable bonds is 9. The van der Waals surface area contributed by atoms with Crippen molar-refractivity contribution in [1.82, 2.24) is 5.43 Å². The van der Waals surface area contributed by atoms with Crippen molar-refractivity contribution in [2.45, 2.75) is 11.8 Å². The third kappa shape index (κ3) is 6.19. The van der Waals surface area contributed by atoms with Crippen molar-refractivity contribution < 1.29 is 22.4 Å². The molecule has 8 nitrogen and oxygen atoms in total. The molecule has 0 saturated heterocycles. The number of sulfonamides is 1. The van der Waals surface area contributed by atoms with Crippen LogP contribution in [0.5, 0.6) is 5.75 Å². The van der Waals surface area contributed by atoms with Crippen LogP contribution in [0, 0.1) is 6.92 Å². The fraction of sp³-hybridized carbons (Fsp3) is 0.111. The molecule has 1 heterocycles. The van der Waals surface area contributed by atoms with Crippen LogP contribution in [0.1, 0.15) is 11.3 Å². The Bertz CT molecular complexity index is 1590. The monoisotopic (exact) mass is 571 g/mol. The number of nitrogens with zero attached hydrogens (tertiary/aromatic N) is 2. The van der Waals surface area contributed by atoms with Gasteiger partial charge in [0.1, 0.15) is 23.8 Å². The maximum absolute atomic E-state index is 13.5. The summed E-state index contributed by atoms with van der Waals surface area (Å²) >= 11 is 12.2. The van der Waals surface area contributed by atoms with E-state index in [9.17, 15) is 13.2 Å². The predicted octanol–water partition coefficient (Wildman–Crippen LogP) is 5.92. The van der Waals surface area contributed by atoms with Crippen LogP contribution in [0.2, 0.25) is 10.0 Å². The zero-order chi connectivity index (χ0) is 27.3. The van der Waals surface area contributed by atoms with E-state index in [1.165, 1.54) is 25.5 Å². The Hall–Kier alpha value is -3.79. The number of amides is 1. The molecule has 0 aliphatic carbocycles. The van der Waals surface area contributed by atoms with E-state index < -0.39 is 22.5 Å². The summed E-state index contributed by atoms with van der Waals surface area (Å²) in [5.74, 6) is 0.471. The lowest BCUT2D eigenvalue weighted by Gasteiger charge is -2.25. The Kier molecular flexibility index (Phi) is 8.41. The molecule has 0 fully saturated rings. The molecule has 1 aromatic heterocycles. The first kappa shape index (κ1) is 27.3. The van der Waals surface area contributed by atoms with E-state index >= 15 is 0 Å². The molecule has 4 rings (SSSR count). The number of halogens is 2. The molecule has 0 radical (unpaired) electrons. The fourth-order valence-corrected chi connectivity index (χ4v) is 5.55. The number of methoxy groups -OCH3 is 1. The Morgan fingerprint density at radius 2 is 1.82 bits per heavy atom. The molecule has 0 saturated carbocycles. The SMILES string of the molecule is COc1ccc(C)cc1N(CC(=O)N/N=C\c1ccc(-c2ccc(Cl)cc2Cl)o1)S(=O)(=O)c1ccccc1. The average Bonchev–Trinajstić information content (AvgIpc) is 3.36. The molecule has 0 bridgehead atoms. The van der Waals surface area contributed by atoms with Crippen molar-refractivity contribution >= 4 is 51.0 Å². The second-order valence-electron chi connectivity index (χ2n) is 8.12. The molecule has 38 heavy (non-hydrogen) atoms. The van der Waals surface area contributed by atoms with E-state index in [1.54, 1.807) is 66.7 Å². The predicted molar refractivity (Wildman–Crippen MR) is 149 cm³/mol. The molecule has 11 heteroatoms. The molecule has 0 atom stereocenters. The van der Waals surface area contributed by atoms with E-state index in [1.807, 2.05) is 6.92 Å². The highest BCUT2D eigenvalue weighted by atomic mass is 35.5. The first-order valence-electron chi connectivity index (χ1n) is 11.3. The number of carbonyl (C=O) groups is 1. The van der Waals surface area contributed by atoms with Crippen molar-refractivity contribution in [3.8, 4) is 17.1 Å². The minimum atomic E-state index is -4.11. The number of hydrogen-bond donors (Lipinski definition) is 1. The Balaban J connectivity index is 1.55. The summed E-state index contributed by atoms with van der Waals surface area (Å²) in [5, 5.41) is 4.85. The number of benzene rings is 3. The van der Waals surface area contributed by atoms with Gasteiger partial charge < -0.3 is 9.15 Å². The highest BCUT2D eigenvalue weighted by molar-refractivity contribution is 7.92. The number of aryl methyl sites for hydroxylation is 1. The van der Waals surface area contributed by atoms with Crippen LogP contribution in [-0.2, 0) is 14.8 Å². The maximum Gasteiger partial charge on any atom is 0.264 e. The third-order valence-electron chi connectivity index (χ3n) is 5.43. The third-order valence-corrected chi connectivity index (χ3v) is 7.75. The first-order valence-corrected chi connectivity index (χ1v) is 13.5. The van der Waals surface area contributed by atoms with Crippen molar-refractivity contribution in [1.29, 1.82) is 0 Å². The number of hydrazone groups is 1. The van der Waals surface area contributed by atoms with Crippen molar-refractivity contribution in [2.75, 3.05) is 18.0 Å². The largest absolute Gasteiger partial charge is 0.495 e. The van der Waals surface area contributed by atoms with Crippen LogP contribution in [0.25, 0.3) is 11.3 Å².